The lowest BCUT2D eigenvalue weighted by Crippen LogP contribution is -2.14. The summed E-state index contributed by atoms with van der Waals surface area (Å²) in [6.45, 7) is 13.1. The molecule has 4 aromatic heterocycles. The predicted octanol–water partition coefficient (Wildman–Crippen LogP) is 5.03. The zero-order valence-electron chi connectivity index (χ0n) is 15.8. The topological polar surface area (TPSA) is 43.1 Å². The number of hydrogen-bond donors (Lipinski definition) is 0. The summed E-state index contributed by atoms with van der Waals surface area (Å²) >= 11 is 0. The largest absolute Gasteiger partial charge is 0.297 e. The first-order chi connectivity index (χ1) is 11.7. The van der Waals surface area contributed by atoms with Crippen molar-refractivity contribution in [1.82, 2.24) is 19.4 Å². The zero-order valence-corrected chi connectivity index (χ0v) is 15.8. The number of fused-ring (bicyclic) bond motifs is 5. The molecule has 0 atom stereocenters. The molecule has 0 unspecified atom stereocenters. The zero-order chi connectivity index (χ0) is 18.0. The van der Waals surface area contributed by atoms with Crippen LogP contribution in [0.25, 0.3) is 27.6 Å². The van der Waals surface area contributed by atoms with Gasteiger partial charge in [-0.1, -0.05) is 41.5 Å². The Kier molecular flexibility index (Phi) is 3.21. The Morgan fingerprint density at radius 1 is 0.800 bits per heavy atom. The van der Waals surface area contributed by atoms with Crippen molar-refractivity contribution in [3.05, 3.63) is 48.0 Å². The fraction of sp³-hybridized carbons (Fsp3) is 0.381. The second kappa shape index (κ2) is 5.01. The first-order valence-electron chi connectivity index (χ1n) is 8.74. The van der Waals surface area contributed by atoms with Crippen LogP contribution in [0, 0.1) is 0 Å². The Morgan fingerprint density at radius 2 is 1.56 bits per heavy atom. The number of nitrogens with zero attached hydrogens (tertiary/aromatic N) is 4. The molecule has 0 spiro atoms. The molecular formula is C21H24N4. The van der Waals surface area contributed by atoms with E-state index in [0.29, 0.717) is 0 Å². The Labute approximate surface area is 147 Å². The minimum absolute atomic E-state index is 0.0315. The monoisotopic (exact) mass is 332 g/mol. The molecule has 0 amide bonds. The van der Waals surface area contributed by atoms with Gasteiger partial charge in [0.1, 0.15) is 5.65 Å². The molecule has 4 heterocycles. The minimum Gasteiger partial charge on any atom is -0.297 e. The van der Waals surface area contributed by atoms with Crippen LogP contribution >= 0.6 is 0 Å². The van der Waals surface area contributed by atoms with Crippen molar-refractivity contribution in [3.8, 4) is 0 Å². The molecule has 0 N–H and O–H groups in total. The lowest BCUT2D eigenvalue weighted by molar-refractivity contribution is 0.571. The molecule has 0 saturated heterocycles. The summed E-state index contributed by atoms with van der Waals surface area (Å²) in [5, 5.41) is 1.08. The van der Waals surface area contributed by atoms with Gasteiger partial charge >= 0.3 is 0 Å². The second-order valence-electron chi connectivity index (χ2n) is 8.78. The lowest BCUT2D eigenvalue weighted by Gasteiger charge is -2.19. The van der Waals surface area contributed by atoms with Crippen LogP contribution in [0.5, 0.6) is 0 Å². The van der Waals surface area contributed by atoms with E-state index in [2.05, 4.69) is 75.3 Å². The highest BCUT2D eigenvalue weighted by Gasteiger charge is 2.22. The summed E-state index contributed by atoms with van der Waals surface area (Å²) in [7, 11) is 0. The van der Waals surface area contributed by atoms with Gasteiger partial charge in [0.2, 0.25) is 0 Å². The number of aromatic nitrogens is 4. The molecule has 0 radical (unpaired) electrons. The van der Waals surface area contributed by atoms with Crippen molar-refractivity contribution in [1.29, 1.82) is 0 Å². The average Bonchev–Trinajstić information content (AvgIpc) is 2.91. The van der Waals surface area contributed by atoms with Crippen molar-refractivity contribution in [2.45, 2.75) is 52.4 Å². The van der Waals surface area contributed by atoms with Gasteiger partial charge in [0.15, 0.2) is 0 Å². The van der Waals surface area contributed by atoms with Gasteiger partial charge in [-0.15, -0.1) is 0 Å². The van der Waals surface area contributed by atoms with Crippen molar-refractivity contribution < 1.29 is 0 Å². The van der Waals surface area contributed by atoms with Gasteiger partial charge in [-0.25, -0.2) is 4.98 Å². The number of imidazole rings is 1. The van der Waals surface area contributed by atoms with Crippen LogP contribution < -0.4 is 0 Å². The molecule has 0 fully saturated rings. The van der Waals surface area contributed by atoms with E-state index >= 15 is 0 Å². The molecule has 128 valence electrons. The van der Waals surface area contributed by atoms with Crippen LogP contribution in [0.1, 0.15) is 52.9 Å². The van der Waals surface area contributed by atoms with E-state index in [9.17, 15) is 0 Å². The molecule has 0 aromatic carbocycles. The van der Waals surface area contributed by atoms with Crippen molar-refractivity contribution >= 4 is 27.6 Å². The van der Waals surface area contributed by atoms with Crippen molar-refractivity contribution in [2.24, 2.45) is 0 Å². The van der Waals surface area contributed by atoms with E-state index in [1.807, 2.05) is 12.3 Å². The van der Waals surface area contributed by atoms with Crippen LogP contribution in [0.2, 0.25) is 0 Å². The number of hydrogen-bond acceptors (Lipinski definition) is 3. The van der Waals surface area contributed by atoms with E-state index in [1.54, 1.807) is 0 Å². The van der Waals surface area contributed by atoms with Crippen LogP contribution in [-0.4, -0.2) is 19.4 Å². The molecule has 25 heavy (non-hydrogen) atoms. The molecule has 0 aliphatic carbocycles. The number of pyridine rings is 3. The Bertz CT molecular complexity index is 1110. The summed E-state index contributed by atoms with van der Waals surface area (Å²) in [5.74, 6) is 0. The maximum absolute atomic E-state index is 4.89. The van der Waals surface area contributed by atoms with E-state index < -0.39 is 0 Å². The molecular weight excluding hydrogens is 308 g/mol. The summed E-state index contributed by atoms with van der Waals surface area (Å²) in [6, 6.07) is 8.33. The van der Waals surface area contributed by atoms with Gasteiger partial charge in [0.05, 0.1) is 22.2 Å². The van der Waals surface area contributed by atoms with Crippen LogP contribution in [0.15, 0.2) is 36.7 Å². The third-order valence-electron chi connectivity index (χ3n) is 4.62. The molecule has 4 heteroatoms. The fourth-order valence-corrected chi connectivity index (χ4v) is 3.28. The summed E-state index contributed by atoms with van der Waals surface area (Å²) in [5.41, 5.74) is 6.15. The third-order valence-corrected chi connectivity index (χ3v) is 4.62. The van der Waals surface area contributed by atoms with Crippen LogP contribution in [0.4, 0.5) is 0 Å². The first kappa shape index (κ1) is 16.0. The standard InChI is InChI=1S/C21H24N4/c1-20(2,3)16-8-7-13-14(23-16)10-12-25-17-15(24-19(13)25)9-11-22-18(17)21(4,5)6/h7-12H,1-6H3. The Morgan fingerprint density at radius 3 is 2.24 bits per heavy atom. The highest BCUT2D eigenvalue weighted by Crippen LogP contribution is 2.31. The van der Waals surface area contributed by atoms with Gasteiger partial charge < -0.3 is 0 Å². The average molecular weight is 332 g/mol. The van der Waals surface area contributed by atoms with Gasteiger partial charge in [-0.2, -0.15) is 0 Å². The Hall–Kier alpha value is -2.49. The molecule has 0 aliphatic rings. The van der Waals surface area contributed by atoms with Crippen LogP contribution in [-0.2, 0) is 10.8 Å². The molecule has 0 saturated carbocycles. The predicted molar refractivity (Wildman–Crippen MR) is 103 cm³/mol. The van der Waals surface area contributed by atoms with E-state index in [-0.39, 0.29) is 10.8 Å². The molecule has 4 aromatic rings. The maximum Gasteiger partial charge on any atom is 0.147 e. The summed E-state index contributed by atoms with van der Waals surface area (Å²) in [4.78, 5) is 14.4. The van der Waals surface area contributed by atoms with Gasteiger partial charge in [-0.3, -0.25) is 14.4 Å². The second-order valence-corrected chi connectivity index (χ2v) is 8.78. The highest BCUT2D eigenvalue weighted by atomic mass is 15.0. The van der Waals surface area contributed by atoms with Gasteiger partial charge in [0, 0.05) is 34.3 Å². The Balaban J connectivity index is 2.09. The SMILES string of the molecule is CC(C)(C)c1ccc2c(ccn3c2nc2ccnc(C(C)(C)C)c23)n1. The molecule has 0 aliphatic heterocycles. The highest BCUT2D eigenvalue weighted by molar-refractivity contribution is 5.97. The minimum atomic E-state index is -0.0429. The fourth-order valence-electron chi connectivity index (χ4n) is 3.28. The summed E-state index contributed by atoms with van der Waals surface area (Å²) in [6.07, 6.45) is 3.93. The normalized spacial score (nSPS) is 13.2. The quantitative estimate of drug-likeness (QED) is 0.454. The first-order valence-corrected chi connectivity index (χ1v) is 8.74. The van der Waals surface area contributed by atoms with E-state index in [4.69, 9.17) is 9.97 Å². The van der Waals surface area contributed by atoms with Gasteiger partial charge in [-0.05, 0) is 24.3 Å². The third kappa shape index (κ3) is 2.48. The molecule has 4 rings (SSSR count). The van der Waals surface area contributed by atoms with Gasteiger partial charge in [0.25, 0.3) is 0 Å². The smallest absolute Gasteiger partial charge is 0.147 e. The van der Waals surface area contributed by atoms with E-state index in [1.165, 1.54) is 0 Å². The number of rotatable bonds is 0. The molecule has 0 bridgehead atoms. The van der Waals surface area contributed by atoms with Crippen molar-refractivity contribution in [3.63, 3.8) is 0 Å². The van der Waals surface area contributed by atoms with Crippen molar-refractivity contribution in [2.75, 3.05) is 0 Å². The lowest BCUT2D eigenvalue weighted by atomic mass is 9.90. The summed E-state index contributed by atoms with van der Waals surface area (Å²) < 4.78 is 2.16. The van der Waals surface area contributed by atoms with E-state index in [0.717, 1.165) is 39.0 Å². The maximum atomic E-state index is 4.89. The van der Waals surface area contributed by atoms with Crippen LogP contribution in [0.3, 0.4) is 0 Å². The molecule has 4 nitrogen and oxygen atoms in total.